The molecule has 64 heavy (non-hydrogen) atoms. The number of nitrogens with one attached hydrogen (secondary N) is 2. The molecule has 2 N–H and O–H groups in total. The molecule has 3 aromatic heterocycles. The Kier molecular flexibility index (Phi) is 11.2. The third-order valence-corrected chi connectivity index (χ3v) is 15.2. The van der Waals surface area contributed by atoms with Gasteiger partial charge in [0.2, 0.25) is 15.9 Å². The van der Waals surface area contributed by atoms with Gasteiger partial charge in [0.25, 0.3) is 12.9 Å². The molecule has 8 rings (SSSR count). The normalized spacial score (nSPS) is 17.2. The molecule has 2 atom stereocenters. The van der Waals surface area contributed by atoms with Crippen molar-refractivity contribution in [3.05, 3.63) is 105 Å². The number of rotatable bonds is 14. The van der Waals surface area contributed by atoms with Crippen LogP contribution < -0.4 is 10.0 Å². The van der Waals surface area contributed by atoms with E-state index in [4.69, 9.17) is 11.6 Å². The van der Waals surface area contributed by atoms with Crippen molar-refractivity contribution in [3.63, 3.8) is 0 Å². The summed E-state index contributed by atoms with van der Waals surface area (Å²) in [5, 5.41) is 9.43. The molecule has 0 bridgehead atoms. The molecule has 1 fully saturated rings. The number of carbonyl (C=O) groups is 1. The van der Waals surface area contributed by atoms with E-state index in [1.807, 2.05) is 0 Å². The van der Waals surface area contributed by atoms with Crippen molar-refractivity contribution in [3.8, 4) is 23.0 Å². The fourth-order valence-corrected chi connectivity index (χ4v) is 9.36. The van der Waals surface area contributed by atoms with Crippen LogP contribution in [0.1, 0.15) is 79.0 Å². The average molecular weight is 956 g/mol. The van der Waals surface area contributed by atoms with E-state index in [9.17, 15) is 48.0 Å². The Balaban J connectivity index is 1.32. The number of sulfonamides is 1. The van der Waals surface area contributed by atoms with Crippen molar-refractivity contribution in [1.29, 1.82) is 0 Å². The number of carbonyl (C=O) groups excluding carboxylic acids is 1. The van der Waals surface area contributed by atoms with E-state index < -0.39 is 120 Å². The fraction of sp³-hybridized carbons (Fsp3) is 0.366. The van der Waals surface area contributed by atoms with Gasteiger partial charge in [-0.25, -0.2) is 48.2 Å². The summed E-state index contributed by atoms with van der Waals surface area (Å²) in [7, 11) is -7.83. The van der Waals surface area contributed by atoms with Crippen LogP contribution in [0.2, 0.25) is 5.02 Å². The van der Waals surface area contributed by atoms with Gasteiger partial charge in [-0.1, -0.05) is 29.7 Å². The quantitative estimate of drug-likeness (QED) is 0.0651. The Morgan fingerprint density at radius 1 is 0.969 bits per heavy atom. The number of sulfone groups is 1. The highest BCUT2D eigenvalue weighted by Gasteiger charge is 2.60. The lowest BCUT2D eigenvalue weighted by molar-refractivity contribution is -0.122. The lowest BCUT2D eigenvalue weighted by atomic mass is 9.93. The third kappa shape index (κ3) is 8.44. The molecule has 5 aromatic rings. The molecule has 3 aliphatic carbocycles. The van der Waals surface area contributed by atoms with Crippen molar-refractivity contribution in [2.45, 2.75) is 86.9 Å². The summed E-state index contributed by atoms with van der Waals surface area (Å²) in [6, 6.07) is 6.21. The number of alkyl halides is 6. The molecule has 3 heterocycles. The highest BCUT2D eigenvalue weighted by Crippen LogP contribution is 2.63. The van der Waals surface area contributed by atoms with E-state index in [1.54, 1.807) is 0 Å². The Bertz CT molecular complexity index is 3080. The Hall–Kier alpha value is -5.53. The zero-order valence-corrected chi connectivity index (χ0v) is 35.9. The van der Waals surface area contributed by atoms with Crippen LogP contribution in [0.15, 0.2) is 54.1 Å². The maximum Gasteiger partial charge on any atom is 0.311 e. The van der Waals surface area contributed by atoms with Crippen LogP contribution in [0.4, 0.5) is 40.9 Å². The van der Waals surface area contributed by atoms with Crippen LogP contribution in [0.3, 0.4) is 0 Å². The van der Waals surface area contributed by atoms with Crippen molar-refractivity contribution >= 4 is 54.1 Å². The van der Waals surface area contributed by atoms with E-state index in [2.05, 4.69) is 37.1 Å². The summed E-state index contributed by atoms with van der Waals surface area (Å²) in [6.45, 7) is 0.504. The van der Waals surface area contributed by atoms with Gasteiger partial charge in [0.15, 0.2) is 15.7 Å². The number of nitrogens with zero attached hydrogens (tertiary/aromatic N) is 5. The number of allylic oxidation sites excluding steroid dienone is 2. The number of fused-ring (bicyclic) bond motifs is 4. The average Bonchev–Trinajstić information content (AvgIpc) is 4.10. The lowest BCUT2D eigenvalue weighted by Crippen LogP contribution is -2.35. The zero-order valence-electron chi connectivity index (χ0n) is 33.5. The Morgan fingerprint density at radius 2 is 1.64 bits per heavy atom. The van der Waals surface area contributed by atoms with Gasteiger partial charge < -0.3 is 5.32 Å². The molecule has 338 valence electrons. The molecular formula is C41H34ClF8N7O5S2. The molecule has 0 saturated heterocycles. The van der Waals surface area contributed by atoms with Crippen LogP contribution >= 0.6 is 11.6 Å². The third-order valence-electron chi connectivity index (χ3n) is 11.1. The van der Waals surface area contributed by atoms with E-state index in [1.165, 1.54) is 38.1 Å². The molecule has 0 spiro atoms. The molecule has 0 radical (unpaired) electrons. The first-order chi connectivity index (χ1) is 29.9. The summed E-state index contributed by atoms with van der Waals surface area (Å²) in [5.74, 6) is -3.09. The van der Waals surface area contributed by atoms with E-state index in [0.717, 1.165) is 29.1 Å². The molecule has 23 heteroatoms. The first kappa shape index (κ1) is 45.1. The topological polar surface area (TPSA) is 158 Å². The summed E-state index contributed by atoms with van der Waals surface area (Å²) in [4.78, 5) is 18.7. The number of halogens is 9. The van der Waals surface area contributed by atoms with Crippen molar-refractivity contribution < 1.29 is 56.8 Å². The van der Waals surface area contributed by atoms with E-state index >= 15 is 8.78 Å². The van der Waals surface area contributed by atoms with E-state index in [-0.39, 0.29) is 49.8 Å². The second-order valence-electron chi connectivity index (χ2n) is 16.1. The number of pyridine rings is 1. The standard InChI is InChI=1S/C41H34ClF8N7O5S2/c1-40(2,63(3,59)60)11-10-22-4-7-24(25-8-9-28(42)33-36(25)56(17-30(45)46)54-39(33)55-64(61,62)23-5-6-23)34(51-22)29(14-19-12-20(43)15-21(44)13-19)52-31(58)18-57-37-32(35(53-57)38(47)48)26-16-27(26)41(37,49)50/h4,7-9,12-13,15-16,23,26,29-30,38H,5-6,14,17-18H2,1-3H3,(H,52,58)(H,54,55)/t26-,29?/m0/s1. The highest BCUT2D eigenvalue weighted by molar-refractivity contribution is 7.93. The largest absolute Gasteiger partial charge is 0.346 e. The van der Waals surface area contributed by atoms with Crippen molar-refractivity contribution in [1.82, 2.24) is 29.9 Å². The van der Waals surface area contributed by atoms with Gasteiger partial charge in [-0.3, -0.25) is 18.9 Å². The highest BCUT2D eigenvalue weighted by atomic mass is 35.5. The molecule has 2 aromatic carbocycles. The lowest BCUT2D eigenvalue weighted by Gasteiger charge is -2.23. The summed E-state index contributed by atoms with van der Waals surface area (Å²) in [5.41, 5.74) is -3.29. The SMILES string of the molecule is CC(C)(C#Cc1ccc(-c2ccc(Cl)c3c(NS(=O)(=O)C4CC4)nn(CC(F)F)c23)c(C(Cc2cc(F)cc(F)c2)NC(=O)Cn2nc(C(F)F)c3c2C(F)(F)C2=C[C@@H]23)n1)S(C)(=O)=O. The van der Waals surface area contributed by atoms with Crippen molar-refractivity contribution in [2.75, 3.05) is 11.0 Å². The molecule has 1 saturated carbocycles. The number of hydrogen-bond donors (Lipinski definition) is 2. The second kappa shape index (κ2) is 15.9. The fourth-order valence-electron chi connectivity index (χ4n) is 7.55. The van der Waals surface area contributed by atoms with E-state index in [0.29, 0.717) is 23.6 Å². The van der Waals surface area contributed by atoms with Crippen LogP contribution in [0.5, 0.6) is 0 Å². The van der Waals surface area contributed by atoms with Crippen LogP contribution in [0.25, 0.3) is 22.0 Å². The molecular weight excluding hydrogens is 922 g/mol. The van der Waals surface area contributed by atoms with Gasteiger partial charge in [0, 0.05) is 40.5 Å². The number of amides is 1. The number of anilines is 1. The Morgan fingerprint density at radius 3 is 2.27 bits per heavy atom. The molecule has 1 amide bonds. The minimum atomic E-state index is -4.04. The minimum absolute atomic E-state index is 0.00572. The predicted molar refractivity (Wildman–Crippen MR) is 218 cm³/mol. The Labute approximate surface area is 365 Å². The van der Waals surface area contributed by atoms with Gasteiger partial charge in [0.05, 0.1) is 32.9 Å². The predicted octanol–water partition coefficient (Wildman–Crippen LogP) is 7.74. The molecule has 0 aliphatic heterocycles. The summed E-state index contributed by atoms with van der Waals surface area (Å²) in [6.07, 6.45) is -4.09. The second-order valence-corrected chi connectivity index (χ2v) is 21.1. The summed E-state index contributed by atoms with van der Waals surface area (Å²) < 4.78 is 170. The van der Waals surface area contributed by atoms with Gasteiger partial charge in [-0.15, -0.1) is 0 Å². The summed E-state index contributed by atoms with van der Waals surface area (Å²) >= 11 is 6.62. The number of aromatic nitrogens is 5. The maximum atomic E-state index is 15.4. The molecule has 3 aliphatic rings. The molecule has 1 unspecified atom stereocenters. The van der Waals surface area contributed by atoms with Gasteiger partial charge >= 0.3 is 5.92 Å². The first-order valence-corrected chi connectivity index (χ1v) is 23.1. The first-order valence-electron chi connectivity index (χ1n) is 19.3. The van der Waals surface area contributed by atoms with Gasteiger partial charge in [-0.05, 0) is 74.9 Å². The number of hydrogen-bond acceptors (Lipinski definition) is 8. The monoisotopic (exact) mass is 955 g/mol. The van der Waals surface area contributed by atoms with Gasteiger partial charge in [-0.2, -0.15) is 19.0 Å². The van der Waals surface area contributed by atoms with Gasteiger partial charge in [0.1, 0.15) is 46.6 Å². The minimum Gasteiger partial charge on any atom is -0.346 e. The van der Waals surface area contributed by atoms with Crippen molar-refractivity contribution in [2.24, 2.45) is 0 Å². The number of benzene rings is 2. The molecule has 12 nitrogen and oxygen atoms in total. The van der Waals surface area contributed by atoms with Crippen LogP contribution in [0, 0.1) is 23.5 Å². The van der Waals surface area contributed by atoms with Crippen LogP contribution in [-0.4, -0.2) is 70.0 Å². The smallest absolute Gasteiger partial charge is 0.311 e. The maximum absolute atomic E-state index is 15.4. The van der Waals surface area contributed by atoms with Crippen LogP contribution in [-0.2, 0) is 50.1 Å². The zero-order chi connectivity index (χ0) is 46.4.